The predicted octanol–water partition coefficient (Wildman–Crippen LogP) is 6.85. The van der Waals surface area contributed by atoms with Crippen molar-refractivity contribution in [2.75, 3.05) is 6.61 Å². The van der Waals surface area contributed by atoms with Gasteiger partial charge in [-0.1, -0.05) is 60.7 Å². The first-order valence-electron chi connectivity index (χ1n) is 11.8. The summed E-state index contributed by atoms with van der Waals surface area (Å²) in [4.78, 5) is 12.9. The fourth-order valence-electron chi connectivity index (χ4n) is 3.56. The van der Waals surface area contributed by atoms with Gasteiger partial charge in [-0.2, -0.15) is 0 Å². The monoisotopic (exact) mass is 480 g/mol. The quantitative estimate of drug-likeness (QED) is 0.188. The largest absolute Gasteiger partial charge is 0.507 e. The van der Waals surface area contributed by atoms with Crippen LogP contribution in [0.1, 0.15) is 34.0 Å². The molecular formula is C31H28O5. The highest BCUT2D eigenvalue weighted by Gasteiger charge is 2.12. The molecule has 0 aliphatic carbocycles. The van der Waals surface area contributed by atoms with E-state index in [0.29, 0.717) is 48.2 Å². The minimum atomic E-state index is -0.239. The minimum Gasteiger partial charge on any atom is -0.507 e. The topological polar surface area (TPSA) is 65.0 Å². The number of hydrogen-bond acceptors (Lipinski definition) is 5. The maximum absolute atomic E-state index is 12.9. The molecule has 1 N–H and O–H groups in total. The molecule has 5 heteroatoms. The van der Waals surface area contributed by atoms with Crippen LogP contribution in [0.3, 0.4) is 0 Å². The molecule has 4 aromatic rings. The zero-order chi connectivity index (χ0) is 25.2. The van der Waals surface area contributed by atoms with Crippen LogP contribution in [0.5, 0.6) is 23.0 Å². The summed E-state index contributed by atoms with van der Waals surface area (Å²) in [6.07, 6.45) is 3.00. The zero-order valence-electron chi connectivity index (χ0n) is 20.1. The standard InChI is InChI=1S/C31H28O5/c1-2-34-31-20-27(36-22-24-11-7-4-8-12-24)16-17-28(31)29(32)18-14-25-13-15-26(19-30(25)33)35-21-23-9-5-3-6-10-23/h3-20,33H,2,21-22H2,1H3. The Bertz CT molecular complexity index is 1310. The van der Waals surface area contributed by atoms with Gasteiger partial charge in [0.05, 0.1) is 12.2 Å². The SMILES string of the molecule is CCOc1cc(OCc2ccccc2)ccc1C(=O)C=Cc1ccc(OCc2ccccc2)cc1O. The molecule has 0 saturated heterocycles. The Morgan fingerprint density at radius 1 is 0.750 bits per heavy atom. The molecule has 0 heterocycles. The van der Waals surface area contributed by atoms with Crippen LogP contribution in [0.2, 0.25) is 0 Å². The van der Waals surface area contributed by atoms with E-state index in [1.54, 1.807) is 36.4 Å². The number of hydrogen-bond donors (Lipinski definition) is 1. The highest BCUT2D eigenvalue weighted by Crippen LogP contribution is 2.28. The lowest BCUT2D eigenvalue weighted by Gasteiger charge is -2.12. The summed E-state index contributed by atoms with van der Waals surface area (Å²) in [5.41, 5.74) is 3.02. The average molecular weight is 481 g/mol. The molecule has 0 radical (unpaired) electrons. The molecule has 4 rings (SSSR count). The van der Waals surface area contributed by atoms with Crippen LogP contribution < -0.4 is 14.2 Å². The number of benzene rings is 4. The van der Waals surface area contributed by atoms with Crippen molar-refractivity contribution in [1.82, 2.24) is 0 Å². The summed E-state index contributed by atoms with van der Waals surface area (Å²) < 4.78 is 17.3. The Kier molecular flexibility index (Phi) is 8.39. The second kappa shape index (κ2) is 12.3. The van der Waals surface area contributed by atoms with Crippen molar-refractivity contribution in [1.29, 1.82) is 0 Å². The number of aromatic hydroxyl groups is 1. The molecular weight excluding hydrogens is 452 g/mol. The Morgan fingerprint density at radius 3 is 1.92 bits per heavy atom. The van der Waals surface area contributed by atoms with Crippen molar-refractivity contribution in [3.05, 3.63) is 125 Å². The molecule has 0 unspecified atom stereocenters. The van der Waals surface area contributed by atoms with E-state index in [4.69, 9.17) is 14.2 Å². The molecule has 0 aromatic heterocycles. The van der Waals surface area contributed by atoms with E-state index < -0.39 is 0 Å². The van der Waals surface area contributed by atoms with E-state index in [9.17, 15) is 9.90 Å². The van der Waals surface area contributed by atoms with Crippen molar-refractivity contribution >= 4 is 11.9 Å². The van der Waals surface area contributed by atoms with Gasteiger partial charge in [-0.3, -0.25) is 4.79 Å². The number of phenols is 1. The molecule has 182 valence electrons. The third kappa shape index (κ3) is 6.76. The zero-order valence-corrected chi connectivity index (χ0v) is 20.1. The fourth-order valence-corrected chi connectivity index (χ4v) is 3.56. The molecule has 0 amide bonds. The van der Waals surface area contributed by atoms with Gasteiger partial charge in [0.25, 0.3) is 0 Å². The Balaban J connectivity index is 1.42. The molecule has 4 aromatic carbocycles. The van der Waals surface area contributed by atoms with Gasteiger partial charge in [0.2, 0.25) is 0 Å². The van der Waals surface area contributed by atoms with Crippen molar-refractivity contribution < 1.29 is 24.1 Å². The first-order chi connectivity index (χ1) is 17.6. The van der Waals surface area contributed by atoms with Crippen molar-refractivity contribution in [2.45, 2.75) is 20.1 Å². The lowest BCUT2D eigenvalue weighted by Crippen LogP contribution is -2.03. The predicted molar refractivity (Wildman–Crippen MR) is 141 cm³/mol. The lowest BCUT2D eigenvalue weighted by atomic mass is 10.1. The molecule has 0 fully saturated rings. The van der Waals surface area contributed by atoms with Crippen LogP contribution in [-0.2, 0) is 13.2 Å². The van der Waals surface area contributed by atoms with Crippen LogP contribution in [0.4, 0.5) is 0 Å². The number of carbonyl (C=O) groups excluding carboxylic acids is 1. The van der Waals surface area contributed by atoms with E-state index in [2.05, 4.69) is 0 Å². The third-order valence-corrected chi connectivity index (χ3v) is 5.43. The van der Waals surface area contributed by atoms with E-state index in [0.717, 1.165) is 11.1 Å². The lowest BCUT2D eigenvalue weighted by molar-refractivity contribution is 0.104. The van der Waals surface area contributed by atoms with E-state index >= 15 is 0 Å². The number of allylic oxidation sites excluding steroid dienone is 1. The molecule has 5 nitrogen and oxygen atoms in total. The molecule has 0 bridgehead atoms. The van der Waals surface area contributed by atoms with Gasteiger partial charge in [0, 0.05) is 17.7 Å². The number of ether oxygens (including phenoxy) is 3. The van der Waals surface area contributed by atoms with Crippen LogP contribution in [0, 0.1) is 0 Å². The Labute approximate surface area is 211 Å². The second-order valence-corrected chi connectivity index (χ2v) is 8.06. The third-order valence-electron chi connectivity index (χ3n) is 5.43. The molecule has 36 heavy (non-hydrogen) atoms. The van der Waals surface area contributed by atoms with Gasteiger partial charge in [-0.15, -0.1) is 0 Å². The maximum Gasteiger partial charge on any atom is 0.189 e. The normalized spacial score (nSPS) is 10.8. The van der Waals surface area contributed by atoms with Crippen LogP contribution in [0.15, 0.2) is 103 Å². The summed E-state index contributed by atoms with van der Waals surface area (Å²) in [7, 11) is 0. The van der Waals surface area contributed by atoms with Gasteiger partial charge < -0.3 is 19.3 Å². The molecule has 0 aliphatic rings. The Hall–Kier alpha value is -4.51. The summed E-state index contributed by atoms with van der Waals surface area (Å²) in [6, 6.07) is 29.8. The highest BCUT2D eigenvalue weighted by molar-refractivity contribution is 6.08. The van der Waals surface area contributed by atoms with Gasteiger partial charge in [-0.05, 0) is 54.5 Å². The second-order valence-electron chi connectivity index (χ2n) is 8.06. The summed E-state index contributed by atoms with van der Waals surface area (Å²) in [5.74, 6) is 1.40. The van der Waals surface area contributed by atoms with Gasteiger partial charge >= 0.3 is 0 Å². The summed E-state index contributed by atoms with van der Waals surface area (Å²) in [5, 5.41) is 10.4. The average Bonchev–Trinajstić information content (AvgIpc) is 2.91. The number of carbonyl (C=O) groups is 1. The highest BCUT2D eigenvalue weighted by atomic mass is 16.5. The molecule has 0 atom stereocenters. The van der Waals surface area contributed by atoms with E-state index in [1.165, 1.54) is 12.1 Å². The number of ketones is 1. The number of phenolic OH excluding ortho intramolecular Hbond substituents is 1. The Morgan fingerprint density at radius 2 is 1.33 bits per heavy atom. The van der Waals surface area contributed by atoms with Gasteiger partial charge in [0.15, 0.2) is 5.78 Å². The minimum absolute atomic E-state index is 0.0271. The van der Waals surface area contributed by atoms with Crippen LogP contribution in [-0.4, -0.2) is 17.5 Å². The van der Waals surface area contributed by atoms with Crippen LogP contribution in [0.25, 0.3) is 6.08 Å². The molecule has 0 saturated carbocycles. The fraction of sp³-hybridized carbons (Fsp3) is 0.129. The molecule has 0 aliphatic heterocycles. The summed E-state index contributed by atoms with van der Waals surface area (Å²) in [6.45, 7) is 3.10. The summed E-state index contributed by atoms with van der Waals surface area (Å²) >= 11 is 0. The van der Waals surface area contributed by atoms with Crippen molar-refractivity contribution in [2.24, 2.45) is 0 Å². The van der Waals surface area contributed by atoms with Gasteiger partial charge in [-0.25, -0.2) is 0 Å². The van der Waals surface area contributed by atoms with Crippen LogP contribution >= 0.6 is 0 Å². The number of rotatable bonds is 11. The molecule has 0 spiro atoms. The van der Waals surface area contributed by atoms with Crippen molar-refractivity contribution in [3.63, 3.8) is 0 Å². The van der Waals surface area contributed by atoms with E-state index in [1.807, 2.05) is 67.6 Å². The van der Waals surface area contributed by atoms with Crippen molar-refractivity contribution in [3.8, 4) is 23.0 Å². The smallest absolute Gasteiger partial charge is 0.189 e. The van der Waals surface area contributed by atoms with Gasteiger partial charge in [0.1, 0.15) is 36.2 Å². The maximum atomic E-state index is 12.9. The van der Waals surface area contributed by atoms with E-state index in [-0.39, 0.29) is 11.5 Å². The first-order valence-corrected chi connectivity index (χ1v) is 11.8. The first kappa shape index (κ1) is 24.6.